The molecule has 0 amide bonds. The number of carbonyl (C=O) groups is 2. The molecule has 0 bridgehead atoms. The number of hydrogen-bond donors (Lipinski definition) is 3. The molecular formula is C23H31N2O7P. The first kappa shape index (κ1) is 26.4. The van der Waals surface area contributed by atoms with Crippen LogP contribution in [0.25, 0.3) is 0 Å². The summed E-state index contributed by atoms with van der Waals surface area (Å²) in [7, 11) is -3.79. The molecule has 0 saturated heterocycles. The first-order valence-electron chi connectivity index (χ1n) is 10.4. The van der Waals surface area contributed by atoms with Crippen LogP contribution >= 0.6 is 7.60 Å². The van der Waals surface area contributed by atoms with Crippen LogP contribution in [0.15, 0.2) is 48.5 Å². The van der Waals surface area contributed by atoms with Gasteiger partial charge in [0, 0.05) is 0 Å². The summed E-state index contributed by atoms with van der Waals surface area (Å²) in [5, 5.41) is 8.87. The molecule has 0 aromatic heterocycles. The van der Waals surface area contributed by atoms with Crippen LogP contribution in [0, 0.1) is 0 Å². The fourth-order valence-corrected chi connectivity index (χ4v) is 3.86. The minimum atomic E-state index is -3.79. The third-order valence-electron chi connectivity index (χ3n) is 4.33. The molecule has 2 aromatic rings. The summed E-state index contributed by atoms with van der Waals surface area (Å²) < 4.78 is 28.8. The van der Waals surface area contributed by atoms with Crippen molar-refractivity contribution in [2.24, 2.45) is 11.5 Å². The SMILES string of the molecule is CC(C)(C)Oc1ccc(C[C@@H](N)C(=O)OP(C)(=O)Oc2ccc(C[C@H](N)C(=O)O)cc2)cc1. The minimum Gasteiger partial charge on any atom is -0.488 e. The van der Waals surface area contributed by atoms with Gasteiger partial charge in [-0.05, 0) is 69.0 Å². The lowest BCUT2D eigenvalue weighted by Crippen LogP contribution is -2.34. The Morgan fingerprint density at radius 2 is 1.36 bits per heavy atom. The maximum Gasteiger partial charge on any atom is 0.429 e. The summed E-state index contributed by atoms with van der Waals surface area (Å²) >= 11 is 0. The van der Waals surface area contributed by atoms with E-state index in [0.29, 0.717) is 11.3 Å². The highest BCUT2D eigenvalue weighted by Crippen LogP contribution is 2.44. The van der Waals surface area contributed by atoms with E-state index in [4.69, 9.17) is 30.4 Å². The monoisotopic (exact) mass is 478 g/mol. The number of carbonyl (C=O) groups excluding carboxylic acids is 1. The highest BCUT2D eigenvalue weighted by atomic mass is 31.2. The lowest BCUT2D eigenvalue weighted by Gasteiger charge is -2.21. The smallest absolute Gasteiger partial charge is 0.429 e. The van der Waals surface area contributed by atoms with E-state index in [0.717, 1.165) is 5.56 Å². The molecule has 0 aliphatic carbocycles. The second kappa shape index (κ2) is 10.8. The normalized spacial score (nSPS) is 15.1. The van der Waals surface area contributed by atoms with Gasteiger partial charge in [0.1, 0.15) is 29.2 Å². The van der Waals surface area contributed by atoms with E-state index < -0.39 is 31.6 Å². The molecule has 2 rings (SSSR count). The summed E-state index contributed by atoms with van der Waals surface area (Å²) in [4.78, 5) is 23.2. The van der Waals surface area contributed by atoms with Crippen molar-refractivity contribution in [1.29, 1.82) is 0 Å². The second-order valence-electron chi connectivity index (χ2n) is 8.73. The number of nitrogens with two attached hydrogens (primary N) is 2. The average Bonchev–Trinajstić information content (AvgIpc) is 2.69. The molecule has 3 atom stereocenters. The summed E-state index contributed by atoms with van der Waals surface area (Å²) in [5.41, 5.74) is 12.6. The van der Waals surface area contributed by atoms with Crippen molar-refractivity contribution in [2.75, 3.05) is 6.66 Å². The van der Waals surface area contributed by atoms with Crippen LogP contribution in [0.4, 0.5) is 0 Å². The van der Waals surface area contributed by atoms with Crippen LogP contribution in [0.2, 0.25) is 0 Å². The number of rotatable bonds is 10. The zero-order chi connectivity index (χ0) is 24.8. The van der Waals surface area contributed by atoms with E-state index in [1.807, 2.05) is 20.8 Å². The van der Waals surface area contributed by atoms with Crippen LogP contribution in [0.5, 0.6) is 11.5 Å². The lowest BCUT2D eigenvalue weighted by atomic mass is 10.1. The van der Waals surface area contributed by atoms with Gasteiger partial charge in [-0.3, -0.25) is 4.79 Å². The van der Waals surface area contributed by atoms with Gasteiger partial charge >= 0.3 is 19.5 Å². The third kappa shape index (κ3) is 9.26. The number of hydrogen-bond acceptors (Lipinski definition) is 8. The molecule has 10 heteroatoms. The average molecular weight is 478 g/mol. The summed E-state index contributed by atoms with van der Waals surface area (Å²) in [5.74, 6) is -1.06. The number of aliphatic carboxylic acids is 1. The van der Waals surface area contributed by atoms with Crippen molar-refractivity contribution in [2.45, 2.75) is 51.3 Å². The van der Waals surface area contributed by atoms with Crippen LogP contribution in [-0.4, -0.2) is 41.4 Å². The van der Waals surface area contributed by atoms with Crippen molar-refractivity contribution in [1.82, 2.24) is 0 Å². The van der Waals surface area contributed by atoms with E-state index in [1.54, 1.807) is 36.4 Å². The summed E-state index contributed by atoms with van der Waals surface area (Å²) in [6, 6.07) is 11.3. The maximum atomic E-state index is 12.6. The molecule has 0 radical (unpaired) electrons. The van der Waals surface area contributed by atoms with Crippen LogP contribution < -0.4 is 20.7 Å². The molecule has 0 aliphatic rings. The molecule has 2 aromatic carbocycles. The molecule has 9 nitrogen and oxygen atoms in total. The lowest BCUT2D eigenvalue weighted by molar-refractivity contribution is -0.138. The van der Waals surface area contributed by atoms with Gasteiger partial charge in [0.25, 0.3) is 0 Å². The first-order valence-corrected chi connectivity index (χ1v) is 12.3. The van der Waals surface area contributed by atoms with Gasteiger partial charge in [0.15, 0.2) is 0 Å². The third-order valence-corrected chi connectivity index (χ3v) is 5.38. The van der Waals surface area contributed by atoms with E-state index in [-0.39, 0.29) is 24.2 Å². The maximum absolute atomic E-state index is 12.6. The molecule has 33 heavy (non-hydrogen) atoms. The summed E-state index contributed by atoms with van der Waals surface area (Å²) in [6.45, 7) is 7.01. The van der Waals surface area contributed by atoms with Gasteiger partial charge in [-0.1, -0.05) is 24.3 Å². The fraction of sp³-hybridized carbons (Fsp3) is 0.391. The molecule has 5 N–H and O–H groups in total. The Bertz CT molecular complexity index is 1000. The molecule has 0 aliphatic heterocycles. The Morgan fingerprint density at radius 3 is 1.82 bits per heavy atom. The molecule has 1 unspecified atom stereocenters. The summed E-state index contributed by atoms with van der Waals surface area (Å²) in [6.07, 6.45) is 0.319. The van der Waals surface area contributed by atoms with Gasteiger partial charge < -0.3 is 30.4 Å². The van der Waals surface area contributed by atoms with Crippen LogP contribution in [0.1, 0.15) is 31.9 Å². The van der Waals surface area contributed by atoms with Crippen LogP contribution in [0.3, 0.4) is 0 Å². The Balaban J connectivity index is 1.91. The Hall–Kier alpha value is -2.87. The zero-order valence-corrected chi connectivity index (χ0v) is 20.1. The van der Waals surface area contributed by atoms with Crippen molar-refractivity contribution < 1.29 is 33.0 Å². The van der Waals surface area contributed by atoms with Crippen molar-refractivity contribution >= 4 is 19.5 Å². The molecule has 0 heterocycles. The number of carboxylic acid groups (broad SMARTS) is 1. The van der Waals surface area contributed by atoms with Gasteiger partial charge in [0.05, 0.1) is 6.66 Å². The molecule has 0 saturated carbocycles. The van der Waals surface area contributed by atoms with Crippen molar-refractivity contribution in [3.8, 4) is 11.5 Å². The first-order chi connectivity index (χ1) is 15.2. The van der Waals surface area contributed by atoms with Crippen LogP contribution in [-0.2, 0) is 31.5 Å². The molecular weight excluding hydrogens is 447 g/mol. The Labute approximate surface area is 193 Å². The molecule has 180 valence electrons. The van der Waals surface area contributed by atoms with Gasteiger partial charge in [-0.25, -0.2) is 9.36 Å². The van der Waals surface area contributed by atoms with Crippen molar-refractivity contribution in [3.05, 3.63) is 59.7 Å². The molecule has 0 spiro atoms. The predicted molar refractivity (Wildman–Crippen MR) is 125 cm³/mol. The van der Waals surface area contributed by atoms with Crippen molar-refractivity contribution in [3.63, 3.8) is 0 Å². The number of ether oxygens (including phenoxy) is 1. The largest absolute Gasteiger partial charge is 0.488 e. The number of carboxylic acids is 1. The van der Waals surface area contributed by atoms with E-state index >= 15 is 0 Å². The second-order valence-corrected chi connectivity index (χ2v) is 10.6. The van der Waals surface area contributed by atoms with Gasteiger partial charge in [0.2, 0.25) is 0 Å². The predicted octanol–water partition coefficient (Wildman–Crippen LogP) is 3.13. The topological polar surface area (TPSA) is 151 Å². The Morgan fingerprint density at radius 1 is 0.909 bits per heavy atom. The van der Waals surface area contributed by atoms with E-state index in [2.05, 4.69) is 0 Å². The highest BCUT2D eigenvalue weighted by Gasteiger charge is 2.28. The fourth-order valence-electron chi connectivity index (χ4n) is 2.85. The van der Waals surface area contributed by atoms with E-state index in [1.165, 1.54) is 18.8 Å². The standard InChI is InChI=1S/C23H31N2O7P/c1-23(2,3)30-17-9-5-16(6-10-17)14-20(25)22(28)32-33(4,29)31-18-11-7-15(8-12-18)13-19(24)21(26)27/h5-12,19-20H,13-14,24-25H2,1-4H3,(H,26,27)/t19-,20+,33?/m0/s1. The molecule has 0 fully saturated rings. The zero-order valence-electron chi connectivity index (χ0n) is 19.2. The van der Waals surface area contributed by atoms with Gasteiger partial charge in [-0.15, -0.1) is 0 Å². The Kier molecular flexibility index (Phi) is 8.66. The van der Waals surface area contributed by atoms with E-state index in [9.17, 15) is 14.2 Å². The minimum absolute atomic E-state index is 0.131. The quantitative estimate of drug-likeness (QED) is 0.437. The number of benzene rings is 2. The van der Waals surface area contributed by atoms with Gasteiger partial charge in [-0.2, -0.15) is 0 Å². The highest BCUT2D eigenvalue weighted by molar-refractivity contribution is 7.53.